The van der Waals surface area contributed by atoms with Crippen LogP contribution in [0.25, 0.3) is 0 Å². The molecular formula is C16H24N2O3. The van der Waals surface area contributed by atoms with Crippen molar-refractivity contribution < 1.29 is 14.7 Å². The van der Waals surface area contributed by atoms with Crippen molar-refractivity contribution in [3.63, 3.8) is 0 Å². The third kappa shape index (κ3) is 5.10. The van der Waals surface area contributed by atoms with E-state index in [2.05, 4.69) is 5.32 Å². The van der Waals surface area contributed by atoms with Crippen LogP contribution in [-0.2, 0) is 4.79 Å². The molecule has 0 radical (unpaired) electrons. The summed E-state index contributed by atoms with van der Waals surface area (Å²) in [5, 5.41) is 11.9. The van der Waals surface area contributed by atoms with Crippen molar-refractivity contribution in [2.75, 3.05) is 13.1 Å². The normalized spacial score (nSPS) is 13.3. The summed E-state index contributed by atoms with van der Waals surface area (Å²) in [4.78, 5) is 24.7. The number of rotatable bonds is 7. The molecule has 0 aliphatic carbocycles. The Bertz CT molecular complexity index is 462. The van der Waals surface area contributed by atoms with E-state index in [1.54, 1.807) is 6.92 Å². The minimum Gasteiger partial charge on any atom is -0.481 e. The van der Waals surface area contributed by atoms with E-state index in [1.165, 1.54) is 4.90 Å². The first-order valence-corrected chi connectivity index (χ1v) is 7.32. The number of amides is 2. The number of benzene rings is 1. The topological polar surface area (TPSA) is 69.6 Å². The highest BCUT2D eigenvalue weighted by Crippen LogP contribution is 2.16. The summed E-state index contributed by atoms with van der Waals surface area (Å²) in [6.45, 7) is 6.15. The quantitative estimate of drug-likeness (QED) is 0.812. The summed E-state index contributed by atoms with van der Waals surface area (Å²) in [5.41, 5.74) is 1.05. The summed E-state index contributed by atoms with van der Waals surface area (Å²) in [7, 11) is 0. The van der Waals surface area contributed by atoms with E-state index < -0.39 is 11.9 Å². The number of aliphatic carboxylic acids is 1. The van der Waals surface area contributed by atoms with Gasteiger partial charge in [-0.05, 0) is 18.9 Å². The molecule has 0 aliphatic rings. The van der Waals surface area contributed by atoms with E-state index in [9.17, 15) is 9.59 Å². The maximum atomic E-state index is 12.3. The van der Waals surface area contributed by atoms with Gasteiger partial charge in [-0.1, -0.05) is 44.2 Å². The first-order chi connectivity index (χ1) is 9.99. The lowest BCUT2D eigenvalue weighted by molar-refractivity contribution is -0.141. The van der Waals surface area contributed by atoms with E-state index >= 15 is 0 Å². The lowest BCUT2D eigenvalue weighted by atomic mass is 10.1. The maximum Gasteiger partial charge on any atom is 0.317 e. The Morgan fingerprint density at radius 3 is 2.33 bits per heavy atom. The Morgan fingerprint density at radius 1 is 1.24 bits per heavy atom. The second kappa shape index (κ2) is 8.29. The molecule has 0 heterocycles. The van der Waals surface area contributed by atoms with Crippen LogP contribution in [0, 0.1) is 5.92 Å². The van der Waals surface area contributed by atoms with Gasteiger partial charge in [-0.15, -0.1) is 0 Å². The number of carboxylic acids is 1. The van der Waals surface area contributed by atoms with Gasteiger partial charge in [0.05, 0.1) is 12.0 Å². The Kier molecular flexibility index (Phi) is 6.72. The Hall–Kier alpha value is -2.04. The second-order valence-corrected chi connectivity index (χ2v) is 5.10. The van der Waals surface area contributed by atoms with Crippen LogP contribution in [0.1, 0.15) is 38.8 Å². The van der Waals surface area contributed by atoms with Gasteiger partial charge in [0.1, 0.15) is 0 Å². The van der Waals surface area contributed by atoms with Crippen LogP contribution in [0.3, 0.4) is 0 Å². The molecule has 21 heavy (non-hydrogen) atoms. The number of hydrogen-bond donors (Lipinski definition) is 2. The molecule has 0 bridgehead atoms. The molecule has 2 N–H and O–H groups in total. The average molecular weight is 292 g/mol. The minimum atomic E-state index is -0.892. The van der Waals surface area contributed by atoms with Crippen molar-refractivity contribution in [2.24, 2.45) is 5.92 Å². The van der Waals surface area contributed by atoms with Crippen molar-refractivity contribution in [3.8, 4) is 0 Å². The van der Waals surface area contributed by atoms with Gasteiger partial charge in [-0.3, -0.25) is 4.79 Å². The summed E-state index contributed by atoms with van der Waals surface area (Å²) in [5.74, 6) is -1.47. The van der Waals surface area contributed by atoms with Gasteiger partial charge >= 0.3 is 12.0 Å². The summed E-state index contributed by atoms with van der Waals surface area (Å²) in [6, 6.07) is 9.48. The summed E-state index contributed by atoms with van der Waals surface area (Å²) < 4.78 is 0. The van der Waals surface area contributed by atoms with Gasteiger partial charge in [-0.2, -0.15) is 0 Å². The van der Waals surface area contributed by atoms with Crippen LogP contribution >= 0.6 is 0 Å². The smallest absolute Gasteiger partial charge is 0.317 e. The molecule has 0 saturated carbocycles. The molecule has 0 fully saturated rings. The standard InChI is InChI=1S/C16H24N2O3/c1-4-14(13-9-7-6-8-10-13)17-16(21)18(5-2)11-12(3)15(19)20/h6-10,12,14H,4-5,11H2,1-3H3,(H,17,21)(H,19,20). The van der Waals surface area contributed by atoms with E-state index in [4.69, 9.17) is 5.11 Å². The van der Waals surface area contributed by atoms with E-state index in [0.717, 1.165) is 12.0 Å². The molecule has 116 valence electrons. The molecule has 2 unspecified atom stereocenters. The maximum absolute atomic E-state index is 12.3. The van der Waals surface area contributed by atoms with Crippen LogP contribution in [0.5, 0.6) is 0 Å². The van der Waals surface area contributed by atoms with Crippen LogP contribution in [-0.4, -0.2) is 35.1 Å². The Balaban J connectivity index is 2.70. The third-order valence-corrected chi connectivity index (χ3v) is 3.49. The lowest BCUT2D eigenvalue weighted by Crippen LogP contribution is -2.44. The highest BCUT2D eigenvalue weighted by Gasteiger charge is 2.21. The molecule has 5 heteroatoms. The van der Waals surface area contributed by atoms with Gasteiger partial charge < -0.3 is 15.3 Å². The molecule has 5 nitrogen and oxygen atoms in total. The zero-order chi connectivity index (χ0) is 15.8. The predicted octanol–water partition coefficient (Wildman–Crippen LogP) is 2.89. The highest BCUT2D eigenvalue weighted by atomic mass is 16.4. The first kappa shape index (κ1) is 17.0. The largest absolute Gasteiger partial charge is 0.481 e. The molecule has 0 aromatic heterocycles. The van der Waals surface area contributed by atoms with E-state index in [-0.39, 0.29) is 18.6 Å². The minimum absolute atomic E-state index is 0.0621. The SMILES string of the molecule is CCC(NC(=O)N(CC)CC(C)C(=O)O)c1ccccc1. The van der Waals surface area contributed by atoms with E-state index in [0.29, 0.717) is 6.54 Å². The number of hydrogen-bond acceptors (Lipinski definition) is 2. The average Bonchev–Trinajstić information content (AvgIpc) is 2.50. The van der Waals surface area contributed by atoms with Gasteiger partial charge in [0, 0.05) is 13.1 Å². The predicted molar refractivity (Wildman–Crippen MR) is 82.1 cm³/mol. The van der Waals surface area contributed by atoms with Crippen LogP contribution in [0.2, 0.25) is 0 Å². The number of carboxylic acid groups (broad SMARTS) is 1. The number of carbonyl (C=O) groups excluding carboxylic acids is 1. The second-order valence-electron chi connectivity index (χ2n) is 5.10. The van der Waals surface area contributed by atoms with Crippen molar-refractivity contribution in [1.29, 1.82) is 0 Å². The van der Waals surface area contributed by atoms with Crippen molar-refractivity contribution in [2.45, 2.75) is 33.2 Å². The van der Waals surface area contributed by atoms with Crippen molar-refractivity contribution in [3.05, 3.63) is 35.9 Å². The van der Waals surface area contributed by atoms with Gasteiger partial charge in [0.15, 0.2) is 0 Å². The van der Waals surface area contributed by atoms with Crippen LogP contribution < -0.4 is 5.32 Å². The number of urea groups is 1. The number of carbonyl (C=O) groups is 2. The molecule has 0 saturated heterocycles. The Labute approximate surface area is 126 Å². The number of nitrogens with one attached hydrogen (secondary N) is 1. The summed E-state index contributed by atoms with van der Waals surface area (Å²) >= 11 is 0. The van der Waals surface area contributed by atoms with Crippen LogP contribution in [0.15, 0.2) is 30.3 Å². The zero-order valence-electron chi connectivity index (χ0n) is 12.9. The Morgan fingerprint density at radius 2 is 1.86 bits per heavy atom. The molecule has 1 rings (SSSR count). The first-order valence-electron chi connectivity index (χ1n) is 7.32. The molecule has 1 aromatic rings. The van der Waals surface area contributed by atoms with Crippen molar-refractivity contribution >= 4 is 12.0 Å². The molecule has 2 amide bonds. The highest BCUT2D eigenvalue weighted by molar-refractivity contribution is 5.76. The lowest BCUT2D eigenvalue weighted by Gasteiger charge is -2.26. The van der Waals surface area contributed by atoms with E-state index in [1.807, 2.05) is 44.2 Å². The zero-order valence-corrected chi connectivity index (χ0v) is 12.9. The molecule has 1 aromatic carbocycles. The van der Waals surface area contributed by atoms with Gasteiger partial charge in [0.25, 0.3) is 0 Å². The summed E-state index contributed by atoms with van der Waals surface area (Å²) in [6.07, 6.45) is 0.780. The third-order valence-electron chi connectivity index (χ3n) is 3.49. The van der Waals surface area contributed by atoms with Gasteiger partial charge in [-0.25, -0.2) is 4.79 Å². The van der Waals surface area contributed by atoms with Gasteiger partial charge in [0.2, 0.25) is 0 Å². The molecule has 2 atom stereocenters. The monoisotopic (exact) mass is 292 g/mol. The number of nitrogens with zero attached hydrogens (tertiary/aromatic N) is 1. The van der Waals surface area contributed by atoms with Crippen molar-refractivity contribution in [1.82, 2.24) is 10.2 Å². The molecular weight excluding hydrogens is 268 g/mol. The molecule has 0 spiro atoms. The fraction of sp³-hybridized carbons (Fsp3) is 0.500. The fourth-order valence-corrected chi connectivity index (χ4v) is 2.11. The fourth-order valence-electron chi connectivity index (χ4n) is 2.11. The van der Waals surface area contributed by atoms with Crippen LogP contribution in [0.4, 0.5) is 4.79 Å². The molecule has 0 aliphatic heterocycles.